The highest BCUT2D eigenvalue weighted by molar-refractivity contribution is 5.54. The summed E-state index contributed by atoms with van der Waals surface area (Å²) in [6.07, 6.45) is 2.92. The van der Waals surface area contributed by atoms with E-state index in [0.717, 1.165) is 18.8 Å². The van der Waals surface area contributed by atoms with Gasteiger partial charge in [0.1, 0.15) is 5.82 Å². The van der Waals surface area contributed by atoms with Crippen molar-refractivity contribution in [1.82, 2.24) is 4.90 Å². The second-order valence-electron chi connectivity index (χ2n) is 2.85. The van der Waals surface area contributed by atoms with Crippen molar-refractivity contribution in [3.63, 3.8) is 0 Å². The van der Waals surface area contributed by atoms with E-state index in [1.165, 1.54) is 0 Å². The van der Waals surface area contributed by atoms with Gasteiger partial charge in [0.15, 0.2) is 0 Å². The Kier molecular flexibility index (Phi) is 5.43. The van der Waals surface area contributed by atoms with Gasteiger partial charge in [0.2, 0.25) is 0 Å². The quantitative estimate of drug-likeness (QED) is 0.576. The van der Waals surface area contributed by atoms with Gasteiger partial charge >= 0.3 is 0 Å². The lowest BCUT2D eigenvalue weighted by atomic mass is 10.2. The molecule has 0 bridgehead atoms. The lowest BCUT2D eigenvalue weighted by Gasteiger charge is -2.28. The summed E-state index contributed by atoms with van der Waals surface area (Å²) in [5.41, 5.74) is 0. The van der Waals surface area contributed by atoms with E-state index < -0.39 is 0 Å². The van der Waals surface area contributed by atoms with Gasteiger partial charge in [-0.3, -0.25) is 0 Å². The van der Waals surface area contributed by atoms with Gasteiger partial charge in [-0.2, -0.15) is 0 Å². The lowest BCUT2D eigenvalue weighted by molar-refractivity contribution is 0.273. The van der Waals surface area contributed by atoms with E-state index in [9.17, 15) is 0 Å². The molecule has 0 radical (unpaired) electrons. The zero-order chi connectivity index (χ0) is 9.56. The molecule has 0 aromatic rings. The Balaban J connectivity index is 4.23. The molecule has 0 spiro atoms. The first kappa shape index (κ1) is 11.2. The van der Waals surface area contributed by atoms with E-state index in [2.05, 4.69) is 37.2 Å². The Bertz CT molecular complexity index is 161. The van der Waals surface area contributed by atoms with Gasteiger partial charge in [0.05, 0.1) is 0 Å². The smallest absolute Gasteiger partial charge is 0.121 e. The number of rotatable bonds is 5. The molecule has 1 atom stereocenters. The van der Waals surface area contributed by atoms with Crippen LogP contribution in [0, 0.1) is 0 Å². The molecule has 2 heteroatoms. The average molecular weight is 168 g/mol. The summed E-state index contributed by atoms with van der Waals surface area (Å²) < 4.78 is 0. The summed E-state index contributed by atoms with van der Waals surface area (Å²) in [4.78, 5) is 6.38. The van der Waals surface area contributed by atoms with E-state index in [1.54, 1.807) is 6.21 Å². The molecular weight excluding hydrogens is 148 g/mol. The zero-order valence-electron chi connectivity index (χ0n) is 8.67. The fourth-order valence-electron chi connectivity index (χ4n) is 1.19. The largest absolute Gasteiger partial charge is 0.355 e. The second-order valence-corrected chi connectivity index (χ2v) is 2.85. The monoisotopic (exact) mass is 168 g/mol. The molecule has 0 saturated carbocycles. The standard InChI is InChI=1S/C10H20N2/c1-6-9(4)12(8-3)10(5)11-7-2/h7,9H,5-6,8H2,1-4H3/b11-7+. The Hall–Kier alpha value is -0.790. The molecule has 0 rings (SSSR count). The molecule has 0 saturated heterocycles. The zero-order valence-corrected chi connectivity index (χ0v) is 8.67. The fraction of sp³-hybridized carbons (Fsp3) is 0.700. The number of hydrogen-bond acceptors (Lipinski definition) is 2. The van der Waals surface area contributed by atoms with Crippen molar-refractivity contribution in [3.05, 3.63) is 12.4 Å². The van der Waals surface area contributed by atoms with Crippen LogP contribution in [-0.2, 0) is 0 Å². The first-order valence-electron chi connectivity index (χ1n) is 4.61. The number of aliphatic imine (C=N–C) groups is 1. The molecule has 0 amide bonds. The Morgan fingerprint density at radius 3 is 2.50 bits per heavy atom. The van der Waals surface area contributed by atoms with Crippen LogP contribution in [0.15, 0.2) is 17.4 Å². The summed E-state index contributed by atoms with van der Waals surface area (Å²) in [5, 5.41) is 0. The molecule has 0 aliphatic heterocycles. The van der Waals surface area contributed by atoms with E-state index in [-0.39, 0.29) is 0 Å². The molecule has 0 heterocycles. The molecule has 0 aromatic carbocycles. The normalized spacial score (nSPS) is 13.3. The van der Waals surface area contributed by atoms with E-state index in [0.29, 0.717) is 6.04 Å². The molecule has 1 unspecified atom stereocenters. The summed E-state index contributed by atoms with van der Waals surface area (Å²) in [6, 6.07) is 0.534. The van der Waals surface area contributed by atoms with E-state index in [1.807, 2.05) is 6.92 Å². The maximum atomic E-state index is 4.17. The summed E-state index contributed by atoms with van der Waals surface area (Å²) in [7, 11) is 0. The van der Waals surface area contributed by atoms with Gasteiger partial charge in [-0.25, -0.2) is 4.99 Å². The minimum Gasteiger partial charge on any atom is -0.355 e. The third-order valence-electron chi connectivity index (χ3n) is 2.07. The van der Waals surface area contributed by atoms with Gasteiger partial charge in [-0.05, 0) is 27.2 Å². The van der Waals surface area contributed by atoms with Gasteiger partial charge in [-0.1, -0.05) is 13.5 Å². The van der Waals surface area contributed by atoms with Gasteiger partial charge < -0.3 is 4.90 Å². The van der Waals surface area contributed by atoms with Crippen LogP contribution in [0.1, 0.15) is 34.1 Å². The van der Waals surface area contributed by atoms with Crippen LogP contribution in [0.2, 0.25) is 0 Å². The Labute approximate surface area is 76.0 Å². The van der Waals surface area contributed by atoms with Crippen LogP contribution in [0.4, 0.5) is 0 Å². The first-order valence-corrected chi connectivity index (χ1v) is 4.61. The summed E-state index contributed by atoms with van der Waals surface area (Å²) in [5.74, 6) is 0.870. The first-order chi connectivity index (χ1) is 5.67. The second kappa shape index (κ2) is 5.81. The number of nitrogens with zero attached hydrogens (tertiary/aromatic N) is 2. The third kappa shape index (κ3) is 3.07. The van der Waals surface area contributed by atoms with Crippen LogP contribution in [0.3, 0.4) is 0 Å². The predicted octanol–water partition coefficient (Wildman–Crippen LogP) is 2.67. The molecule has 0 N–H and O–H groups in total. The van der Waals surface area contributed by atoms with E-state index in [4.69, 9.17) is 0 Å². The van der Waals surface area contributed by atoms with Crippen LogP contribution in [-0.4, -0.2) is 23.7 Å². The Morgan fingerprint density at radius 1 is 1.58 bits per heavy atom. The van der Waals surface area contributed by atoms with Crippen LogP contribution < -0.4 is 0 Å². The molecule has 0 aromatic heterocycles. The summed E-state index contributed by atoms with van der Waals surface area (Å²) in [6.45, 7) is 13.3. The third-order valence-corrected chi connectivity index (χ3v) is 2.07. The predicted molar refractivity (Wildman–Crippen MR) is 55.4 cm³/mol. The van der Waals surface area contributed by atoms with Crippen molar-refractivity contribution in [2.75, 3.05) is 6.54 Å². The molecule has 12 heavy (non-hydrogen) atoms. The molecule has 0 aliphatic rings. The van der Waals surface area contributed by atoms with Crippen LogP contribution >= 0.6 is 0 Å². The van der Waals surface area contributed by atoms with Gasteiger partial charge in [-0.15, -0.1) is 0 Å². The maximum absolute atomic E-state index is 4.17. The van der Waals surface area contributed by atoms with E-state index >= 15 is 0 Å². The van der Waals surface area contributed by atoms with Crippen molar-refractivity contribution in [2.24, 2.45) is 4.99 Å². The molecule has 0 aliphatic carbocycles. The van der Waals surface area contributed by atoms with Crippen molar-refractivity contribution in [3.8, 4) is 0 Å². The Morgan fingerprint density at radius 2 is 2.17 bits per heavy atom. The molecule has 70 valence electrons. The summed E-state index contributed by atoms with van der Waals surface area (Å²) >= 11 is 0. The van der Waals surface area contributed by atoms with Gasteiger partial charge in [0.25, 0.3) is 0 Å². The fourth-order valence-corrected chi connectivity index (χ4v) is 1.19. The average Bonchev–Trinajstić information content (AvgIpc) is 2.06. The SMILES string of the molecule is C=C(/N=C/C)N(CC)C(C)CC. The van der Waals surface area contributed by atoms with Crippen LogP contribution in [0.25, 0.3) is 0 Å². The highest BCUT2D eigenvalue weighted by atomic mass is 15.2. The molecule has 0 fully saturated rings. The van der Waals surface area contributed by atoms with Crippen molar-refractivity contribution >= 4 is 6.21 Å². The molecular formula is C10H20N2. The number of hydrogen-bond donors (Lipinski definition) is 0. The topological polar surface area (TPSA) is 15.6 Å². The highest BCUT2D eigenvalue weighted by Crippen LogP contribution is 2.10. The van der Waals surface area contributed by atoms with Crippen molar-refractivity contribution < 1.29 is 0 Å². The highest BCUT2D eigenvalue weighted by Gasteiger charge is 2.09. The van der Waals surface area contributed by atoms with Gasteiger partial charge in [0, 0.05) is 18.8 Å². The van der Waals surface area contributed by atoms with Crippen LogP contribution in [0.5, 0.6) is 0 Å². The minimum absolute atomic E-state index is 0.534. The molecule has 2 nitrogen and oxygen atoms in total. The van der Waals surface area contributed by atoms with Crippen molar-refractivity contribution in [1.29, 1.82) is 0 Å². The minimum atomic E-state index is 0.534. The lowest BCUT2D eigenvalue weighted by Crippen LogP contribution is -2.30. The maximum Gasteiger partial charge on any atom is 0.121 e. The van der Waals surface area contributed by atoms with Crippen molar-refractivity contribution in [2.45, 2.75) is 40.2 Å².